The maximum Gasteiger partial charge on any atom is 0.389 e. The number of methoxy groups -OCH3 is 1. The Labute approximate surface area is 123 Å². The zero-order valence-corrected chi connectivity index (χ0v) is 12.4. The SMILES string of the molecule is COc1cc(Br)cc([C@H](N)CCC(F)(F)F)c1O.Cl. The van der Waals surface area contributed by atoms with Gasteiger partial charge in [-0.05, 0) is 18.6 Å². The van der Waals surface area contributed by atoms with Crippen molar-refractivity contribution in [3.8, 4) is 11.5 Å². The Morgan fingerprint density at radius 3 is 2.47 bits per heavy atom. The van der Waals surface area contributed by atoms with E-state index in [0.29, 0.717) is 4.47 Å². The summed E-state index contributed by atoms with van der Waals surface area (Å²) in [5, 5.41) is 9.81. The van der Waals surface area contributed by atoms with E-state index >= 15 is 0 Å². The molecule has 0 unspecified atom stereocenters. The van der Waals surface area contributed by atoms with E-state index in [1.54, 1.807) is 0 Å². The molecule has 8 heteroatoms. The molecule has 0 bridgehead atoms. The highest BCUT2D eigenvalue weighted by molar-refractivity contribution is 9.10. The minimum atomic E-state index is -4.26. The molecule has 0 saturated carbocycles. The van der Waals surface area contributed by atoms with Gasteiger partial charge >= 0.3 is 6.18 Å². The number of ether oxygens (including phenoxy) is 1. The van der Waals surface area contributed by atoms with Crippen LogP contribution in [0.1, 0.15) is 24.4 Å². The molecule has 1 aromatic rings. The normalized spacial score (nSPS) is 12.7. The van der Waals surface area contributed by atoms with Crippen LogP contribution in [0.3, 0.4) is 0 Å². The molecule has 3 nitrogen and oxygen atoms in total. The van der Waals surface area contributed by atoms with Crippen LogP contribution >= 0.6 is 28.3 Å². The molecule has 0 heterocycles. The van der Waals surface area contributed by atoms with Crippen LogP contribution in [0.25, 0.3) is 0 Å². The minimum Gasteiger partial charge on any atom is -0.504 e. The lowest BCUT2D eigenvalue weighted by Crippen LogP contribution is -2.16. The van der Waals surface area contributed by atoms with Crippen molar-refractivity contribution < 1.29 is 23.0 Å². The number of aromatic hydroxyl groups is 1. The summed E-state index contributed by atoms with van der Waals surface area (Å²) in [5.41, 5.74) is 5.89. The Balaban J connectivity index is 0.00000324. The number of nitrogens with two attached hydrogens (primary N) is 1. The number of hydrogen-bond acceptors (Lipinski definition) is 3. The summed E-state index contributed by atoms with van der Waals surface area (Å²) in [6, 6.07) is 2.09. The van der Waals surface area contributed by atoms with E-state index in [9.17, 15) is 18.3 Å². The third-order valence-corrected chi connectivity index (χ3v) is 2.89. The van der Waals surface area contributed by atoms with Gasteiger partial charge in [-0.3, -0.25) is 0 Å². The van der Waals surface area contributed by atoms with Crippen LogP contribution in [-0.2, 0) is 0 Å². The second-order valence-electron chi connectivity index (χ2n) is 3.81. The van der Waals surface area contributed by atoms with Gasteiger partial charge in [-0.2, -0.15) is 13.2 Å². The van der Waals surface area contributed by atoms with Crippen molar-refractivity contribution >= 4 is 28.3 Å². The van der Waals surface area contributed by atoms with Crippen molar-refractivity contribution in [2.45, 2.75) is 25.1 Å². The summed E-state index contributed by atoms with van der Waals surface area (Å²) >= 11 is 3.18. The highest BCUT2D eigenvalue weighted by Crippen LogP contribution is 2.38. The second-order valence-corrected chi connectivity index (χ2v) is 4.72. The molecule has 0 aliphatic carbocycles. The molecule has 1 rings (SSSR count). The van der Waals surface area contributed by atoms with Gasteiger partial charge in [-0.15, -0.1) is 12.4 Å². The predicted octanol–water partition coefficient (Wildman–Crippen LogP) is 3.93. The minimum absolute atomic E-state index is 0. The summed E-state index contributed by atoms with van der Waals surface area (Å²) in [7, 11) is 1.35. The molecular weight excluding hydrogens is 350 g/mol. The summed E-state index contributed by atoms with van der Waals surface area (Å²) in [4.78, 5) is 0. The number of rotatable bonds is 4. The van der Waals surface area contributed by atoms with E-state index in [1.807, 2.05) is 0 Å². The molecule has 0 amide bonds. The van der Waals surface area contributed by atoms with Gasteiger partial charge in [0, 0.05) is 22.5 Å². The Morgan fingerprint density at radius 2 is 2.00 bits per heavy atom. The number of benzene rings is 1. The van der Waals surface area contributed by atoms with Gasteiger partial charge in [0.15, 0.2) is 11.5 Å². The first-order chi connectivity index (χ1) is 8.24. The average Bonchev–Trinajstić information content (AvgIpc) is 2.27. The second kappa shape index (κ2) is 7.21. The number of phenolic OH excluding ortho intramolecular Hbond substituents is 1. The van der Waals surface area contributed by atoms with Crippen LogP contribution in [0.2, 0.25) is 0 Å². The first-order valence-corrected chi connectivity index (χ1v) is 5.92. The number of alkyl halides is 3. The molecule has 19 heavy (non-hydrogen) atoms. The molecule has 0 aliphatic heterocycles. The maximum absolute atomic E-state index is 12.1. The lowest BCUT2D eigenvalue weighted by Gasteiger charge is -2.17. The smallest absolute Gasteiger partial charge is 0.389 e. The van der Waals surface area contributed by atoms with E-state index in [-0.39, 0.29) is 35.9 Å². The van der Waals surface area contributed by atoms with E-state index in [1.165, 1.54) is 19.2 Å². The number of phenols is 1. The highest BCUT2D eigenvalue weighted by atomic mass is 79.9. The van der Waals surface area contributed by atoms with E-state index < -0.39 is 18.6 Å². The number of halogens is 5. The predicted molar refractivity (Wildman–Crippen MR) is 71.8 cm³/mol. The van der Waals surface area contributed by atoms with E-state index in [4.69, 9.17) is 10.5 Å². The van der Waals surface area contributed by atoms with Gasteiger partial charge in [-0.1, -0.05) is 15.9 Å². The summed E-state index contributed by atoms with van der Waals surface area (Å²) in [5.74, 6) is -0.0581. The monoisotopic (exact) mass is 363 g/mol. The van der Waals surface area contributed by atoms with Crippen LogP contribution in [0.15, 0.2) is 16.6 Å². The van der Waals surface area contributed by atoms with E-state index in [2.05, 4.69) is 15.9 Å². The van der Waals surface area contributed by atoms with Gasteiger partial charge in [0.25, 0.3) is 0 Å². The fourth-order valence-corrected chi connectivity index (χ4v) is 1.96. The highest BCUT2D eigenvalue weighted by Gasteiger charge is 2.28. The topological polar surface area (TPSA) is 55.5 Å². The third-order valence-electron chi connectivity index (χ3n) is 2.43. The zero-order chi connectivity index (χ0) is 13.9. The molecule has 0 spiro atoms. The third kappa shape index (κ3) is 5.46. The van der Waals surface area contributed by atoms with Gasteiger partial charge in [0.1, 0.15) is 0 Å². The largest absolute Gasteiger partial charge is 0.504 e. The Bertz CT molecular complexity index is 429. The van der Waals surface area contributed by atoms with E-state index in [0.717, 1.165) is 0 Å². The lowest BCUT2D eigenvalue weighted by atomic mass is 10.0. The molecule has 0 aromatic heterocycles. The molecule has 0 saturated heterocycles. The average molecular weight is 365 g/mol. The molecule has 3 N–H and O–H groups in total. The van der Waals surface area contributed by atoms with Gasteiger partial charge < -0.3 is 15.6 Å². The zero-order valence-electron chi connectivity index (χ0n) is 10.00. The van der Waals surface area contributed by atoms with Crippen LogP contribution in [0, 0.1) is 0 Å². The lowest BCUT2D eigenvalue weighted by molar-refractivity contribution is -0.136. The van der Waals surface area contributed by atoms with Crippen molar-refractivity contribution in [3.63, 3.8) is 0 Å². The summed E-state index contributed by atoms with van der Waals surface area (Å²) in [6.45, 7) is 0. The quantitative estimate of drug-likeness (QED) is 0.851. The Morgan fingerprint density at radius 1 is 1.42 bits per heavy atom. The van der Waals surface area contributed by atoms with Crippen molar-refractivity contribution in [2.75, 3.05) is 7.11 Å². The van der Waals surface area contributed by atoms with Crippen molar-refractivity contribution in [2.24, 2.45) is 5.73 Å². The van der Waals surface area contributed by atoms with Crippen LogP contribution in [-0.4, -0.2) is 18.4 Å². The molecule has 0 fully saturated rings. The molecule has 0 radical (unpaired) electrons. The Kier molecular flexibility index (Phi) is 6.96. The van der Waals surface area contributed by atoms with Gasteiger partial charge in [-0.25, -0.2) is 0 Å². The summed E-state index contributed by atoms with van der Waals surface area (Å²) in [6.07, 6.45) is -5.55. The van der Waals surface area contributed by atoms with Crippen molar-refractivity contribution in [1.29, 1.82) is 0 Å². The fourth-order valence-electron chi connectivity index (χ4n) is 1.51. The molecule has 1 aromatic carbocycles. The van der Waals surface area contributed by atoms with Gasteiger partial charge in [0.2, 0.25) is 0 Å². The van der Waals surface area contributed by atoms with Crippen molar-refractivity contribution in [1.82, 2.24) is 0 Å². The number of hydrogen-bond donors (Lipinski definition) is 2. The molecule has 0 aliphatic rings. The van der Waals surface area contributed by atoms with Gasteiger partial charge in [0.05, 0.1) is 7.11 Å². The van der Waals surface area contributed by atoms with Crippen LogP contribution < -0.4 is 10.5 Å². The van der Waals surface area contributed by atoms with Crippen LogP contribution in [0.4, 0.5) is 13.2 Å². The Hall–Kier alpha value is -0.660. The molecular formula is C11H14BrClF3NO2. The first-order valence-electron chi connectivity index (χ1n) is 5.13. The first kappa shape index (κ1) is 18.3. The summed E-state index contributed by atoms with van der Waals surface area (Å²) < 4.78 is 41.8. The fraction of sp³-hybridized carbons (Fsp3) is 0.455. The molecule has 110 valence electrons. The standard InChI is InChI=1S/C11H13BrF3NO2.ClH/c1-18-9-5-6(12)4-7(10(9)17)8(16)2-3-11(13,14)15;/h4-5,8,17H,2-3,16H2,1H3;1H/t8-;/m1./s1. The van der Waals surface area contributed by atoms with Crippen molar-refractivity contribution in [3.05, 3.63) is 22.2 Å². The van der Waals surface area contributed by atoms with Crippen LogP contribution in [0.5, 0.6) is 11.5 Å². The molecule has 1 atom stereocenters. The maximum atomic E-state index is 12.1.